The Morgan fingerprint density at radius 3 is 2.77 bits per heavy atom. The molecule has 2 aromatic carbocycles. The molecule has 0 N–H and O–H groups in total. The monoisotopic (exact) mass is 346 g/mol. The number of halogens is 1. The molecular weight excluding hydrogens is 331 g/mol. The Hall–Kier alpha value is -3.46. The van der Waals surface area contributed by atoms with Crippen molar-refractivity contribution < 1.29 is 9.13 Å². The van der Waals surface area contributed by atoms with Gasteiger partial charge in [-0.05, 0) is 36.6 Å². The van der Waals surface area contributed by atoms with Crippen molar-refractivity contribution in [3.8, 4) is 17.7 Å². The molecule has 0 atom stereocenters. The van der Waals surface area contributed by atoms with Gasteiger partial charge in [-0.2, -0.15) is 14.6 Å². The minimum Gasteiger partial charge on any atom is -0.435 e. The van der Waals surface area contributed by atoms with E-state index >= 15 is 4.39 Å². The molecule has 0 radical (unpaired) electrons. The molecule has 1 aliphatic rings. The maximum atomic E-state index is 15.1. The standard InChI is InChI=1S/C20H15FN4O/c21-18-19(25-11-5-8-14-6-1-3-9-16(14)25)23-13-24-20(18)26-17-10-4-2-7-15(17)12-22/h1-4,6-7,9-10,13H,5,8,11H2. The first-order valence-corrected chi connectivity index (χ1v) is 8.31. The number of rotatable bonds is 3. The highest BCUT2D eigenvalue weighted by Crippen LogP contribution is 2.36. The van der Waals surface area contributed by atoms with Crippen LogP contribution in [0.25, 0.3) is 0 Å². The van der Waals surface area contributed by atoms with Gasteiger partial charge in [-0.1, -0.05) is 30.3 Å². The zero-order valence-corrected chi connectivity index (χ0v) is 13.9. The Balaban J connectivity index is 1.73. The van der Waals surface area contributed by atoms with Gasteiger partial charge in [0.2, 0.25) is 5.82 Å². The van der Waals surface area contributed by atoms with Crippen LogP contribution < -0.4 is 9.64 Å². The zero-order chi connectivity index (χ0) is 17.9. The number of anilines is 2. The predicted octanol–water partition coefficient (Wildman–Crippen LogP) is 4.36. The van der Waals surface area contributed by atoms with Crippen LogP contribution in [0.15, 0.2) is 54.9 Å². The Bertz CT molecular complexity index is 999. The molecule has 6 heteroatoms. The number of para-hydroxylation sites is 2. The van der Waals surface area contributed by atoms with Crippen LogP contribution in [0.3, 0.4) is 0 Å². The van der Waals surface area contributed by atoms with E-state index in [1.54, 1.807) is 24.3 Å². The first-order valence-electron chi connectivity index (χ1n) is 8.31. The van der Waals surface area contributed by atoms with E-state index < -0.39 is 5.82 Å². The third kappa shape index (κ3) is 2.84. The highest BCUT2D eigenvalue weighted by atomic mass is 19.1. The molecule has 0 saturated carbocycles. The third-order valence-electron chi connectivity index (χ3n) is 4.32. The molecule has 0 spiro atoms. The summed E-state index contributed by atoms with van der Waals surface area (Å²) in [6, 6.07) is 16.6. The first-order chi connectivity index (χ1) is 12.8. The summed E-state index contributed by atoms with van der Waals surface area (Å²) in [5.41, 5.74) is 2.42. The lowest BCUT2D eigenvalue weighted by Gasteiger charge is -2.30. The molecular formula is C20H15FN4O. The number of ether oxygens (including phenoxy) is 1. The number of fused-ring (bicyclic) bond motifs is 1. The summed E-state index contributed by atoms with van der Waals surface area (Å²) < 4.78 is 20.7. The van der Waals surface area contributed by atoms with Crippen molar-refractivity contribution in [2.45, 2.75) is 12.8 Å². The molecule has 5 nitrogen and oxygen atoms in total. The van der Waals surface area contributed by atoms with Crippen LogP contribution in [-0.2, 0) is 6.42 Å². The summed E-state index contributed by atoms with van der Waals surface area (Å²) in [5.74, 6) is -0.396. The Labute approximate surface area is 150 Å². The van der Waals surface area contributed by atoms with Gasteiger partial charge in [0.05, 0.1) is 5.56 Å². The predicted molar refractivity (Wildman–Crippen MR) is 95.0 cm³/mol. The van der Waals surface area contributed by atoms with E-state index in [2.05, 4.69) is 9.97 Å². The van der Waals surface area contributed by atoms with Crippen LogP contribution in [0.2, 0.25) is 0 Å². The molecule has 4 rings (SSSR count). The van der Waals surface area contributed by atoms with Crippen molar-refractivity contribution in [2.24, 2.45) is 0 Å². The lowest BCUT2D eigenvalue weighted by Crippen LogP contribution is -2.26. The second kappa shape index (κ2) is 6.81. The molecule has 26 heavy (non-hydrogen) atoms. The maximum Gasteiger partial charge on any atom is 0.261 e. The number of hydrogen-bond acceptors (Lipinski definition) is 5. The average Bonchev–Trinajstić information content (AvgIpc) is 2.70. The van der Waals surface area contributed by atoms with E-state index in [4.69, 9.17) is 10.00 Å². The summed E-state index contributed by atoms with van der Waals surface area (Å²) in [7, 11) is 0. The van der Waals surface area contributed by atoms with Gasteiger partial charge in [-0.25, -0.2) is 4.98 Å². The van der Waals surface area contributed by atoms with E-state index in [1.807, 2.05) is 35.2 Å². The fourth-order valence-corrected chi connectivity index (χ4v) is 3.11. The van der Waals surface area contributed by atoms with Gasteiger partial charge in [0.1, 0.15) is 18.1 Å². The average molecular weight is 346 g/mol. The zero-order valence-electron chi connectivity index (χ0n) is 13.9. The quantitative estimate of drug-likeness (QED) is 0.705. The second-order valence-electron chi connectivity index (χ2n) is 5.91. The topological polar surface area (TPSA) is 62.0 Å². The van der Waals surface area contributed by atoms with E-state index in [-0.39, 0.29) is 17.4 Å². The van der Waals surface area contributed by atoms with E-state index in [0.29, 0.717) is 12.1 Å². The van der Waals surface area contributed by atoms with Crippen LogP contribution >= 0.6 is 0 Å². The summed E-state index contributed by atoms with van der Waals surface area (Å²) in [4.78, 5) is 9.90. The minimum atomic E-state index is -0.642. The van der Waals surface area contributed by atoms with Crippen molar-refractivity contribution in [1.82, 2.24) is 9.97 Å². The number of aromatic nitrogens is 2. The van der Waals surface area contributed by atoms with E-state index in [1.165, 1.54) is 6.33 Å². The molecule has 1 aromatic heterocycles. The Kier molecular flexibility index (Phi) is 4.20. The van der Waals surface area contributed by atoms with Gasteiger partial charge in [-0.3, -0.25) is 0 Å². The van der Waals surface area contributed by atoms with Crippen LogP contribution in [0, 0.1) is 17.1 Å². The number of benzene rings is 2. The summed E-state index contributed by atoms with van der Waals surface area (Å²) in [6.07, 6.45) is 3.14. The number of nitriles is 1. The van der Waals surface area contributed by atoms with Crippen LogP contribution in [0.4, 0.5) is 15.9 Å². The van der Waals surface area contributed by atoms with Crippen LogP contribution in [0.5, 0.6) is 11.6 Å². The highest BCUT2D eigenvalue weighted by molar-refractivity contribution is 5.66. The van der Waals surface area contributed by atoms with E-state index in [9.17, 15) is 0 Å². The molecule has 0 aliphatic carbocycles. The van der Waals surface area contributed by atoms with Gasteiger partial charge in [0.25, 0.3) is 5.88 Å². The van der Waals surface area contributed by atoms with Crippen LogP contribution in [-0.4, -0.2) is 16.5 Å². The summed E-state index contributed by atoms with van der Waals surface area (Å²) >= 11 is 0. The molecule has 0 saturated heterocycles. The van der Waals surface area contributed by atoms with Crippen molar-refractivity contribution in [1.29, 1.82) is 5.26 Å². The van der Waals surface area contributed by atoms with Crippen molar-refractivity contribution in [3.63, 3.8) is 0 Å². The Morgan fingerprint density at radius 2 is 1.88 bits per heavy atom. The molecule has 3 aromatic rings. The highest BCUT2D eigenvalue weighted by Gasteiger charge is 2.24. The van der Waals surface area contributed by atoms with Crippen molar-refractivity contribution in [3.05, 3.63) is 71.8 Å². The smallest absolute Gasteiger partial charge is 0.261 e. The normalized spacial score (nSPS) is 13.0. The maximum absolute atomic E-state index is 15.1. The molecule has 128 valence electrons. The molecule has 0 amide bonds. The molecule has 0 unspecified atom stereocenters. The lowest BCUT2D eigenvalue weighted by molar-refractivity contribution is 0.419. The van der Waals surface area contributed by atoms with Gasteiger partial charge in [-0.15, -0.1) is 0 Å². The first kappa shape index (κ1) is 16.0. The van der Waals surface area contributed by atoms with Crippen LogP contribution in [0.1, 0.15) is 17.5 Å². The van der Waals surface area contributed by atoms with Gasteiger partial charge < -0.3 is 9.64 Å². The van der Waals surface area contributed by atoms with Crippen molar-refractivity contribution in [2.75, 3.05) is 11.4 Å². The number of nitrogens with zero attached hydrogens (tertiary/aromatic N) is 4. The SMILES string of the molecule is N#Cc1ccccc1Oc1ncnc(N2CCCc3ccccc32)c1F. The largest absolute Gasteiger partial charge is 0.435 e. The van der Waals surface area contributed by atoms with E-state index in [0.717, 1.165) is 24.1 Å². The number of hydrogen-bond donors (Lipinski definition) is 0. The minimum absolute atomic E-state index is 0.177. The lowest BCUT2D eigenvalue weighted by atomic mass is 10.0. The fraction of sp³-hybridized carbons (Fsp3) is 0.150. The summed E-state index contributed by atoms with van der Waals surface area (Å²) in [6.45, 7) is 0.666. The van der Waals surface area contributed by atoms with Gasteiger partial charge >= 0.3 is 0 Å². The van der Waals surface area contributed by atoms with Gasteiger partial charge in [0.15, 0.2) is 5.82 Å². The van der Waals surface area contributed by atoms with Gasteiger partial charge in [0, 0.05) is 12.2 Å². The number of aryl methyl sites for hydroxylation is 1. The molecule has 2 heterocycles. The Morgan fingerprint density at radius 1 is 1.08 bits per heavy atom. The second-order valence-corrected chi connectivity index (χ2v) is 5.91. The fourth-order valence-electron chi connectivity index (χ4n) is 3.11. The molecule has 1 aliphatic heterocycles. The molecule has 0 bridgehead atoms. The summed E-state index contributed by atoms with van der Waals surface area (Å²) in [5, 5.41) is 9.17. The third-order valence-corrected chi connectivity index (χ3v) is 4.32. The van der Waals surface area contributed by atoms with Crippen molar-refractivity contribution >= 4 is 11.5 Å². The molecule has 0 fully saturated rings.